The first-order chi connectivity index (χ1) is 5.07. The summed E-state index contributed by atoms with van der Waals surface area (Å²) in [6.07, 6.45) is 0. The van der Waals surface area contributed by atoms with Crippen molar-refractivity contribution in [3.8, 4) is 0 Å². The topological polar surface area (TPSA) is 83.8 Å². The molecule has 0 amide bonds. The number of hydrogen-bond acceptors (Lipinski definition) is 4. The summed E-state index contributed by atoms with van der Waals surface area (Å²) in [5, 5.41) is 16.4. The van der Waals surface area contributed by atoms with E-state index in [9.17, 15) is 9.59 Å². The van der Waals surface area contributed by atoms with Crippen molar-refractivity contribution < 1.29 is 24.5 Å². The Morgan fingerprint density at radius 2 is 2.09 bits per heavy atom. The number of hydrogen-bond donors (Lipinski definition) is 2. The van der Waals surface area contributed by atoms with Gasteiger partial charge in [-0.2, -0.15) is 0 Å². The Morgan fingerprint density at radius 3 is 2.45 bits per heavy atom. The Labute approximate surface area is 71.1 Å². The lowest BCUT2D eigenvalue weighted by atomic mass is 10.5. The van der Waals surface area contributed by atoms with Gasteiger partial charge < -0.3 is 14.9 Å². The molecule has 6 heteroatoms. The normalized spacial score (nSPS) is 12.2. The molecule has 1 unspecified atom stereocenters. The van der Waals surface area contributed by atoms with Gasteiger partial charge in [-0.1, -0.05) is 15.9 Å². The summed E-state index contributed by atoms with van der Waals surface area (Å²) in [7, 11) is 0. The van der Waals surface area contributed by atoms with E-state index >= 15 is 0 Å². The van der Waals surface area contributed by atoms with E-state index in [1.165, 1.54) is 0 Å². The van der Waals surface area contributed by atoms with Gasteiger partial charge in [0.05, 0.1) is 0 Å². The van der Waals surface area contributed by atoms with E-state index in [4.69, 9.17) is 10.2 Å². The molecule has 0 aliphatic carbocycles. The zero-order valence-electron chi connectivity index (χ0n) is 5.49. The Morgan fingerprint density at radius 1 is 1.55 bits per heavy atom. The number of carbonyl (C=O) groups is 2. The minimum atomic E-state index is -1.12. The van der Waals surface area contributed by atoms with Crippen LogP contribution in [0.5, 0.6) is 0 Å². The summed E-state index contributed by atoms with van der Waals surface area (Å²) in [6.45, 7) is -1.02. The molecule has 11 heavy (non-hydrogen) atoms. The summed E-state index contributed by atoms with van der Waals surface area (Å²) in [5.41, 5.74) is 0. The van der Waals surface area contributed by atoms with Crippen molar-refractivity contribution in [2.24, 2.45) is 0 Å². The van der Waals surface area contributed by atoms with Crippen molar-refractivity contribution in [2.75, 3.05) is 13.2 Å². The minimum Gasteiger partial charge on any atom is -0.480 e. The molecule has 0 radical (unpaired) electrons. The quantitative estimate of drug-likeness (QED) is 0.493. The van der Waals surface area contributed by atoms with Crippen LogP contribution in [0.15, 0.2) is 0 Å². The number of aliphatic hydroxyl groups excluding tert-OH is 1. The zero-order valence-corrected chi connectivity index (χ0v) is 7.07. The first-order valence-electron chi connectivity index (χ1n) is 2.71. The number of aliphatic carboxylic acids is 1. The van der Waals surface area contributed by atoms with Gasteiger partial charge in [-0.25, -0.2) is 4.79 Å². The molecule has 5 nitrogen and oxygen atoms in total. The van der Waals surface area contributed by atoms with Crippen molar-refractivity contribution >= 4 is 27.9 Å². The predicted molar refractivity (Wildman–Crippen MR) is 38.4 cm³/mol. The molecule has 0 aliphatic heterocycles. The highest BCUT2D eigenvalue weighted by atomic mass is 79.9. The third-order valence-electron chi connectivity index (χ3n) is 0.788. The van der Waals surface area contributed by atoms with Crippen LogP contribution in [-0.2, 0) is 14.3 Å². The van der Waals surface area contributed by atoms with Crippen LogP contribution in [0.2, 0.25) is 0 Å². The lowest BCUT2D eigenvalue weighted by Gasteiger charge is -2.04. The molecule has 0 spiro atoms. The van der Waals surface area contributed by atoms with Gasteiger partial charge in [-0.3, -0.25) is 4.79 Å². The van der Waals surface area contributed by atoms with Gasteiger partial charge in [0.15, 0.2) is 0 Å². The summed E-state index contributed by atoms with van der Waals surface area (Å²) >= 11 is 2.74. The molecule has 0 aromatic carbocycles. The third-order valence-corrected chi connectivity index (χ3v) is 1.44. The number of halogens is 1. The molecule has 2 N–H and O–H groups in total. The minimum absolute atomic E-state index is 0.283. The molecule has 64 valence electrons. The Balaban J connectivity index is 3.54. The summed E-state index contributed by atoms with van der Waals surface area (Å²) in [5.74, 6) is -1.95. The zero-order chi connectivity index (χ0) is 8.85. The Bertz CT molecular complexity index is 157. The molecule has 1 atom stereocenters. The van der Waals surface area contributed by atoms with Gasteiger partial charge in [0, 0.05) is 0 Å². The Kier molecular flexibility index (Phi) is 4.80. The number of carboxylic acids is 1. The van der Waals surface area contributed by atoms with Crippen LogP contribution in [0.3, 0.4) is 0 Å². The highest BCUT2D eigenvalue weighted by Gasteiger charge is 2.14. The molecule has 0 aromatic rings. The number of carboxylic acid groups (broad SMARTS) is 1. The van der Waals surface area contributed by atoms with Gasteiger partial charge in [0.2, 0.25) is 0 Å². The van der Waals surface area contributed by atoms with E-state index in [1.54, 1.807) is 0 Å². The van der Waals surface area contributed by atoms with Crippen molar-refractivity contribution in [1.29, 1.82) is 0 Å². The van der Waals surface area contributed by atoms with Gasteiger partial charge in [-0.15, -0.1) is 0 Å². The van der Waals surface area contributed by atoms with Crippen LogP contribution in [0.25, 0.3) is 0 Å². The van der Waals surface area contributed by atoms with E-state index in [0.29, 0.717) is 0 Å². The molecule has 0 saturated heterocycles. The standard InChI is InChI=1S/C5H7BrO5/c6-3(5(9)10)2-11-4(8)1-7/h3,7H,1-2H2,(H,9,10). The second-order valence-corrected chi connectivity index (χ2v) is 2.75. The number of esters is 1. The van der Waals surface area contributed by atoms with Crippen LogP contribution in [0.1, 0.15) is 0 Å². The second-order valence-electron chi connectivity index (χ2n) is 1.65. The van der Waals surface area contributed by atoms with Crippen LogP contribution in [-0.4, -0.2) is 40.2 Å². The summed E-state index contributed by atoms with van der Waals surface area (Å²) in [6, 6.07) is 0. The van der Waals surface area contributed by atoms with Crippen LogP contribution < -0.4 is 0 Å². The largest absolute Gasteiger partial charge is 0.480 e. The fraction of sp³-hybridized carbons (Fsp3) is 0.600. The van der Waals surface area contributed by atoms with E-state index in [2.05, 4.69) is 20.7 Å². The number of rotatable bonds is 4. The van der Waals surface area contributed by atoms with E-state index in [1.807, 2.05) is 0 Å². The monoisotopic (exact) mass is 226 g/mol. The molecule has 0 heterocycles. The molecule has 0 aromatic heterocycles. The maximum atomic E-state index is 10.3. The number of ether oxygens (including phenoxy) is 1. The molecule has 0 bridgehead atoms. The molecule has 0 saturated carbocycles. The summed E-state index contributed by atoms with van der Waals surface area (Å²) in [4.78, 5) is 19.4. The average molecular weight is 227 g/mol. The van der Waals surface area contributed by atoms with Crippen molar-refractivity contribution in [3.05, 3.63) is 0 Å². The highest BCUT2D eigenvalue weighted by Crippen LogP contribution is 1.99. The van der Waals surface area contributed by atoms with Gasteiger partial charge in [-0.05, 0) is 0 Å². The molecule has 0 aliphatic rings. The van der Waals surface area contributed by atoms with Crippen molar-refractivity contribution in [1.82, 2.24) is 0 Å². The molecule has 0 rings (SSSR count). The number of alkyl halides is 1. The van der Waals surface area contributed by atoms with Gasteiger partial charge in [0.1, 0.15) is 18.0 Å². The first-order valence-corrected chi connectivity index (χ1v) is 3.63. The fourth-order valence-corrected chi connectivity index (χ4v) is 0.415. The smallest absolute Gasteiger partial charge is 0.331 e. The van der Waals surface area contributed by atoms with E-state index < -0.39 is 23.4 Å². The second kappa shape index (κ2) is 5.09. The predicted octanol–water partition coefficient (Wildman–Crippen LogP) is -0.630. The maximum Gasteiger partial charge on any atom is 0.331 e. The average Bonchev–Trinajstić information content (AvgIpc) is 1.99. The van der Waals surface area contributed by atoms with E-state index in [-0.39, 0.29) is 6.61 Å². The third kappa shape index (κ3) is 4.74. The van der Waals surface area contributed by atoms with Crippen LogP contribution >= 0.6 is 15.9 Å². The maximum absolute atomic E-state index is 10.3. The van der Waals surface area contributed by atoms with Gasteiger partial charge in [0.25, 0.3) is 0 Å². The van der Waals surface area contributed by atoms with Crippen LogP contribution in [0, 0.1) is 0 Å². The Hall–Kier alpha value is -0.620. The number of carbonyl (C=O) groups excluding carboxylic acids is 1. The fourth-order valence-electron chi connectivity index (χ4n) is 0.283. The number of aliphatic hydroxyl groups is 1. The first kappa shape index (κ1) is 10.4. The lowest BCUT2D eigenvalue weighted by Crippen LogP contribution is -2.22. The van der Waals surface area contributed by atoms with Crippen molar-refractivity contribution in [2.45, 2.75) is 4.83 Å². The summed E-state index contributed by atoms with van der Waals surface area (Å²) < 4.78 is 4.30. The molecular formula is C5H7BrO5. The van der Waals surface area contributed by atoms with Gasteiger partial charge >= 0.3 is 11.9 Å². The SMILES string of the molecule is O=C(CO)OCC(Br)C(=O)O. The van der Waals surface area contributed by atoms with E-state index in [0.717, 1.165) is 0 Å². The van der Waals surface area contributed by atoms with Crippen LogP contribution in [0.4, 0.5) is 0 Å². The van der Waals surface area contributed by atoms with Crippen molar-refractivity contribution in [3.63, 3.8) is 0 Å². The molecule has 0 fully saturated rings. The lowest BCUT2D eigenvalue weighted by molar-refractivity contribution is -0.148. The highest BCUT2D eigenvalue weighted by molar-refractivity contribution is 9.10. The molecular weight excluding hydrogens is 220 g/mol.